The molecule has 0 fully saturated rings. The molecule has 3 aromatic carbocycles. The Balaban J connectivity index is 1.33. The number of aromatic amines is 1. The van der Waals surface area contributed by atoms with Gasteiger partial charge in [0.1, 0.15) is 0 Å². The lowest BCUT2D eigenvalue weighted by Crippen LogP contribution is -2.27. The first-order valence-corrected chi connectivity index (χ1v) is 11.5. The van der Waals surface area contributed by atoms with Crippen LogP contribution >= 0.6 is 0 Å². The van der Waals surface area contributed by atoms with Gasteiger partial charge in [0.05, 0.1) is 0 Å². The van der Waals surface area contributed by atoms with Gasteiger partial charge in [0.15, 0.2) is 0 Å². The fourth-order valence-corrected chi connectivity index (χ4v) is 5.37. The third-order valence-electron chi connectivity index (χ3n) is 7.08. The van der Waals surface area contributed by atoms with E-state index in [1.54, 1.807) is 0 Å². The highest BCUT2D eigenvalue weighted by Gasteiger charge is 2.26. The van der Waals surface area contributed by atoms with Crippen molar-refractivity contribution < 1.29 is 4.79 Å². The summed E-state index contributed by atoms with van der Waals surface area (Å²) in [6.45, 7) is 2.87. The molecule has 0 saturated heterocycles. The molecule has 4 heteroatoms. The zero-order valence-electron chi connectivity index (χ0n) is 18.2. The SMILES string of the molecule is CC(NC1CCCc2c1[nH]c1cc(-c3ccc4c(c3)CNC4=O)ccc21)c1ccccc1. The quantitative estimate of drug-likeness (QED) is 0.390. The number of nitrogens with one attached hydrogen (secondary N) is 3. The second kappa shape index (κ2) is 7.64. The lowest BCUT2D eigenvalue weighted by molar-refractivity contribution is 0.0966. The van der Waals surface area contributed by atoms with E-state index in [9.17, 15) is 4.79 Å². The molecule has 3 N–H and O–H groups in total. The van der Waals surface area contributed by atoms with Crippen LogP contribution in [0.2, 0.25) is 0 Å². The number of fused-ring (bicyclic) bond motifs is 4. The lowest BCUT2D eigenvalue weighted by Gasteiger charge is -2.27. The van der Waals surface area contributed by atoms with Gasteiger partial charge in [-0.05, 0) is 72.2 Å². The number of benzene rings is 3. The van der Waals surface area contributed by atoms with Gasteiger partial charge in [-0.1, -0.05) is 48.5 Å². The maximum absolute atomic E-state index is 11.9. The summed E-state index contributed by atoms with van der Waals surface area (Å²) in [5.74, 6) is 0.0299. The molecule has 1 amide bonds. The van der Waals surface area contributed by atoms with Crippen molar-refractivity contribution in [1.82, 2.24) is 15.6 Å². The molecule has 6 rings (SSSR count). The molecule has 160 valence electrons. The van der Waals surface area contributed by atoms with Crippen LogP contribution in [0.25, 0.3) is 22.0 Å². The van der Waals surface area contributed by atoms with Gasteiger partial charge in [0.2, 0.25) is 0 Å². The summed E-state index contributed by atoms with van der Waals surface area (Å²) in [7, 11) is 0. The van der Waals surface area contributed by atoms with Gasteiger partial charge < -0.3 is 15.6 Å². The highest BCUT2D eigenvalue weighted by atomic mass is 16.1. The van der Waals surface area contributed by atoms with Crippen LogP contribution < -0.4 is 10.6 Å². The number of H-pyrrole nitrogens is 1. The van der Waals surface area contributed by atoms with Crippen molar-refractivity contribution in [1.29, 1.82) is 0 Å². The van der Waals surface area contributed by atoms with Gasteiger partial charge in [-0.2, -0.15) is 0 Å². The van der Waals surface area contributed by atoms with Crippen molar-refractivity contribution >= 4 is 16.8 Å². The number of hydrogen-bond donors (Lipinski definition) is 3. The Bertz CT molecular complexity index is 1320. The smallest absolute Gasteiger partial charge is 0.251 e. The summed E-state index contributed by atoms with van der Waals surface area (Å²) in [6, 6.07) is 24.2. The minimum absolute atomic E-state index is 0.0299. The zero-order chi connectivity index (χ0) is 21.7. The average molecular weight is 422 g/mol. The van der Waals surface area contributed by atoms with E-state index in [0.29, 0.717) is 18.6 Å². The molecular weight excluding hydrogens is 394 g/mol. The fraction of sp³-hybridized carbons (Fsp3) is 0.250. The minimum Gasteiger partial charge on any atom is -0.357 e. The largest absolute Gasteiger partial charge is 0.357 e. The Morgan fingerprint density at radius 3 is 2.69 bits per heavy atom. The van der Waals surface area contributed by atoms with Crippen molar-refractivity contribution in [2.24, 2.45) is 0 Å². The van der Waals surface area contributed by atoms with Gasteiger partial charge >= 0.3 is 0 Å². The molecule has 4 nitrogen and oxygen atoms in total. The number of amides is 1. The Kier molecular flexibility index (Phi) is 4.62. The highest BCUT2D eigenvalue weighted by molar-refractivity contribution is 5.99. The summed E-state index contributed by atoms with van der Waals surface area (Å²) in [6.07, 6.45) is 3.47. The average Bonchev–Trinajstić information content (AvgIpc) is 3.40. The summed E-state index contributed by atoms with van der Waals surface area (Å²) in [5, 5.41) is 8.10. The number of carbonyl (C=O) groups excluding carboxylic acids is 1. The van der Waals surface area contributed by atoms with Crippen molar-refractivity contribution in [2.75, 3.05) is 0 Å². The molecule has 0 spiro atoms. The van der Waals surface area contributed by atoms with Gasteiger partial charge in [-0.3, -0.25) is 4.79 Å². The monoisotopic (exact) mass is 421 g/mol. The Hall–Kier alpha value is -3.37. The first kappa shape index (κ1) is 19.3. The van der Waals surface area contributed by atoms with E-state index in [0.717, 1.165) is 29.5 Å². The number of aromatic nitrogens is 1. The number of carbonyl (C=O) groups is 1. The predicted octanol–water partition coefficient (Wildman–Crippen LogP) is 5.81. The van der Waals surface area contributed by atoms with Crippen LogP contribution in [0, 0.1) is 0 Å². The molecule has 4 aromatic rings. The van der Waals surface area contributed by atoms with Gasteiger partial charge in [0, 0.05) is 40.8 Å². The highest BCUT2D eigenvalue weighted by Crippen LogP contribution is 2.37. The third-order valence-corrected chi connectivity index (χ3v) is 7.08. The predicted molar refractivity (Wildman–Crippen MR) is 129 cm³/mol. The van der Waals surface area contributed by atoms with Crippen molar-refractivity contribution in [3.8, 4) is 11.1 Å². The summed E-state index contributed by atoms with van der Waals surface area (Å²) in [4.78, 5) is 15.6. The molecule has 1 aliphatic carbocycles. The van der Waals surface area contributed by atoms with Gasteiger partial charge in [-0.25, -0.2) is 0 Å². The summed E-state index contributed by atoms with van der Waals surface area (Å²) < 4.78 is 0. The Labute approximate surface area is 188 Å². The van der Waals surface area contributed by atoms with E-state index in [4.69, 9.17) is 0 Å². The molecular formula is C28H27N3O. The van der Waals surface area contributed by atoms with Crippen LogP contribution in [0.5, 0.6) is 0 Å². The van der Waals surface area contributed by atoms with Crippen LogP contribution in [-0.2, 0) is 13.0 Å². The third kappa shape index (κ3) is 3.23. The second-order valence-corrected chi connectivity index (χ2v) is 9.08. The maximum Gasteiger partial charge on any atom is 0.251 e. The molecule has 2 atom stereocenters. The van der Waals surface area contributed by atoms with E-state index in [1.165, 1.54) is 39.7 Å². The van der Waals surface area contributed by atoms with Crippen LogP contribution in [0.4, 0.5) is 0 Å². The van der Waals surface area contributed by atoms with Crippen molar-refractivity contribution in [2.45, 2.75) is 44.8 Å². The zero-order valence-corrected chi connectivity index (χ0v) is 18.2. The maximum atomic E-state index is 11.9. The molecule has 2 heterocycles. The molecule has 2 unspecified atom stereocenters. The number of aryl methyl sites for hydroxylation is 1. The molecule has 32 heavy (non-hydrogen) atoms. The minimum atomic E-state index is 0.0299. The normalized spacial score (nSPS) is 18.3. The van der Waals surface area contributed by atoms with Gasteiger partial charge in [0.25, 0.3) is 5.91 Å². The topological polar surface area (TPSA) is 56.9 Å². The first-order chi connectivity index (χ1) is 15.7. The van der Waals surface area contributed by atoms with Gasteiger partial charge in [-0.15, -0.1) is 0 Å². The molecule has 0 radical (unpaired) electrons. The van der Waals surface area contributed by atoms with E-state index in [-0.39, 0.29) is 5.91 Å². The second-order valence-electron chi connectivity index (χ2n) is 9.08. The van der Waals surface area contributed by atoms with Crippen LogP contribution in [0.3, 0.4) is 0 Å². The van der Waals surface area contributed by atoms with E-state index < -0.39 is 0 Å². The number of hydrogen-bond acceptors (Lipinski definition) is 2. The number of rotatable bonds is 4. The molecule has 1 aromatic heterocycles. The lowest BCUT2D eigenvalue weighted by atomic mass is 9.90. The molecule has 2 aliphatic rings. The van der Waals surface area contributed by atoms with E-state index in [2.05, 4.69) is 83.2 Å². The summed E-state index contributed by atoms with van der Waals surface area (Å²) >= 11 is 0. The first-order valence-electron chi connectivity index (χ1n) is 11.5. The molecule has 1 aliphatic heterocycles. The van der Waals surface area contributed by atoms with Crippen molar-refractivity contribution in [3.05, 3.63) is 94.7 Å². The molecule has 0 saturated carbocycles. The standard InChI is InChI=1S/C28H27N3O/c1-17(18-6-3-2-4-7-18)30-25-9-5-8-24-23-13-11-20(15-26(23)31-27(24)25)19-10-12-22-21(14-19)16-29-28(22)32/h2-4,6-7,10-15,17,25,30-31H,5,8-9,16H2,1H3,(H,29,32). The summed E-state index contributed by atoms with van der Waals surface area (Å²) in [5.41, 5.74) is 9.53. The van der Waals surface area contributed by atoms with Crippen LogP contribution in [0.15, 0.2) is 66.7 Å². The fourth-order valence-electron chi connectivity index (χ4n) is 5.37. The van der Waals surface area contributed by atoms with Crippen molar-refractivity contribution in [3.63, 3.8) is 0 Å². The molecule has 0 bridgehead atoms. The Morgan fingerprint density at radius 1 is 1.00 bits per heavy atom. The van der Waals surface area contributed by atoms with E-state index >= 15 is 0 Å². The van der Waals surface area contributed by atoms with E-state index in [1.807, 2.05) is 6.07 Å². The Morgan fingerprint density at radius 2 is 1.81 bits per heavy atom. The van der Waals surface area contributed by atoms with Crippen LogP contribution in [0.1, 0.15) is 64.6 Å². The van der Waals surface area contributed by atoms with Crippen LogP contribution in [-0.4, -0.2) is 10.9 Å².